The second-order valence-electron chi connectivity index (χ2n) is 6.94. The number of nitrogens with one attached hydrogen (secondary N) is 1. The number of aryl methyl sites for hydroxylation is 1. The molecule has 1 aromatic heterocycles. The Hall–Kier alpha value is -3.15. The monoisotopic (exact) mass is 361 g/mol. The van der Waals surface area contributed by atoms with Crippen molar-refractivity contribution in [2.75, 3.05) is 18.4 Å². The number of aromatic nitrogens is 3. The lowest BCUT2D eigenvalue weighted by Gasteiger charge is -2.32. The summed E-state index contributed by atoms with van der Waals surface area (Å²) in [5, 5.41) is 10.8. The van der Waals surface area contributed by atoms with Crippen LogP contribution in [-0.2, 0) is 0 Å². The first-order valence-corrected chi connectivity index (χ1v) is 9.29. The van der Waals surface area contributed by atoms with Crippen molar-refractivity contribution in [3.05, 3.63) is 72.1 Å². The number of carbonyl (C=O) groups excluding carboxylic acids is 1. The summed E-state index contributed by atoms with van der Waals surface area (Å²) >= 11 is 0. The molecule has 1 fully saturated rings. The van der Waals surface area contributed by atoms with Crippen molar-refractivity contribution >= 4 is 11.7 Å². The molecule has 1 aliphatic heterocycles. The largest absolute Gasteiger partial charge is 0.324 e. The lowest BCUT2D eigenvalue weighted by molar-refractivity contribution is 0.194. The van der Waals surface area contributed by atoms with Gasteiger partial charge in [0, 0.05) is 18.8 Å². The first-order valence-electron chi connectivity index (χ1n) is 9.29. The van der Waals surface area contributed by atoms with Crippen molar-refractivity contribution in [1.82, 2.24) is 19.9 Å². The van der Waals surface area contributed by atoms with Crippen LogP contribution in [0.15, 0.2) is 60.9 Å². The molecule has 1 saturated heterocycles. The van der Waals surface area contributed by atoms with E-state index in [-0.39, 0.29) is 6.03 Å². The summed E-state index contributed by atoms with van der Waals surface area (Å²) in [7, 11) is 0. The third kappa shape index (κ3) is 3.84. The number of carbonyl (C=O) groups is 1. The fourth-order valence-electron chi connectivity index (χ4n) is 3.68. The highest BCUT2D eigenvalue weighted by Crippen LogP contribution is 2.30. The van der Waals surface area contributed by atoms with Crippen molar-refractivity contribution in [3.63, 3.8) is 0 Å². The minimum atomic E-state index is -0.0354. The molecule has 0 spiro atoms. The van der Waals surface area contributed by atoms with Crippen LogP contribution < -0.4 is 5.32 Å². The number of rotatable bonds is 3. The van der Waals surface area contributed by atoms with Crippen LogP contribution in [0, 0.1) is 6.92 Å². The van der Waals surface area contributed by atoms with Crippen molar-refractivity contribution in [3.8, 4) is 5.69 Å². The van der Waals surface area contributed by atoms with E-state index in [1.54, 1.807) is 17.1 Å². The Morgan fingerprint density at radius 3 is 2.48 bits per heavy atom. The normalized spacial score (nSPS) is 14.9. The Morgan fingerprint density at radius 1 is 1.07 bits per heavy atom. The van der Waals surface area contributed by atoms with Crippen LogP contribution in [0.25, 0.3) is 5.69 Å². The minimum absolute atomic E-state index is 0.0354. The molecule has 0 bridgehead atoms. The van der Waals surface area contributed by atoms with E-state index in [1.807, 2.05) is 29.2 Å². The van der Waals surface area contributed by atoms with Crippen molar-refractivity contribution in [2.24, 2.45) is 0 Å². The van der Waals surface area contributed by atoms with Gasteiger partial charge in [-0.05, 0) is 61.1 Å². The number of hydrogen-bond acceptors (Lipinski definition) is 3. The fraction of sp³-hybridized carbons (Fsp3) is 0.286. The van der Waals surface area contributed by atoms with E-state index in [0.717, 1.165) is 37.3 Å². The number of anilines is 1. The highest BCUT2D eigenvalue weighted by Gasteiger charge is 2.24. The highest BCUT2D eigenvalue weighted by molar-refractivity contribution is 5.89. The number of benzene rings is 2. The second kappa shape index (κ2) is 7.61. The maximum Gasteiger partial charge on any atom is 0.321 e. The van der Waals surface area contributed by atoms with Gasteiger partial charge in [-0.3, -0.25) is 0 Å². The molecule has 0 radical (unpaired) electrons. The summed E-state index contributed by atoms with van der Waals surface area (Å²) in [6.45, 7) is 3.72. The Morgan fingerprint density at radius 2 is 1.81 bits per heavy atom. The molecule has 2 heterocycles. The van der Waals surface area contributed by atoms with Gasteiger partial charge in [0.25, 0.3) is 0 Å². The van der Waals surface area contributed by atoms with Gasteiger partial charge < -0.3 is 10.2 Å². The lowest BCUT2D eigenvalue weighted by atomic mass is 9.87. The minimum Gasteiger partial charge on any atom is -0.324 e. The van der Waals surface area contributed by atoms with E-state index in [1.165, 1.54) is 11.1 Å². The molecule has 6 heteroatoms. The van der Waals surface area contributed by atoms with Gasteiger partial charge in [0.2, 0.25) is 0 Å². The van der Waals surface area contributed by atoms with E-state index in [9.17, 15) is 4.79 Å². The molecule has 3 aromatic rings. The molecule has 0 atom stereocenters. The molecule has 0 aliphatic carbocycles. The standard InChI is InChI=1S/C21H23N5O/c1-16-4-2-3-5-20(16)17-10-13-25(14-11-17)21(27)23-18-6-8-19(9-7-18)26-15-12-22-24-26/h2-9,12,15,17H,10-11,13-14H2,1H3,(H,23,27). The molecule has 1 aliphatic rings. The van der Waals surface area contributed by atoms with Crippen molar-refractivity contribution in [2.45, 2.75) is 25.7 Å². The number of urea groups is 1. The quantitative estimate of drug-likeness (QED) is 0.767. The molecule has 2 amide bonds. The van der Waals surface area contributed by atoms with Crippen LogP contribution in [0.5, 0.6) is 0 Å². The summed E-state index contributed by atoms with van der Waals surface area (Å²) in [5.74, 6) is 0.539. The van der Waals surface area contributed by atoms with Gasteiger partial charge in [-0.1, -0.05) is 29.5 Å². The zero-order valence-electron chi connectivity index (χ0n) is 15.4. The predicted molar refractivity (Wildman–Crippen MR) is 105 cm³/mol. The smallest absolute Gasteiger partial charge is 0.321 e. The van der Waals surface area contributed by atoms with Crippen LogP contribution in [-0.4, -0.2) is 39.0 Å². The fourth-order valence-corrected chi connectivity index (χ4v) is 3.68. The highest BCUT2D eigenvalue weighted by atomic mass is 16.2. The van der Waals surface area contributed by atoms with Gasteiger partial charge in [-0.2, -0.15) is 0 Å². The molecule has 0 unspecified atom stereocenters. The zero-order chi connectivity index (χ0) is 18.6. The summed E-state index contributed by atoms with van der Waals surface area (Å²) in [5.41, 5.74) is 4.45. The third-order valence-electron chi connectivity index (χ3n) is 5.22. The predicted octanol–water partition coefficient (Wildman–Crippen LogP) is 3.99. The van der Waals surface area contributed by atoms with Crippen molar-refractivity contribution < 1.29 is 4.79 Å². The van der Waals surface area contributed by atoms with Gasteiger partial charge >= 0.3 is 6.03 Å². The number of piperidine rings is 1. The van der Waals surface area contributed by atoms with Gasteiger partial charge in [0.05, 0.1) is 18.1 Å². The third-order valence-corrected chi connectivity index (χ3v) is 5.22. The zero-order valence-corrected chi connectivity index (χ0v) is 15.4. The molecule has 1 N–H and O–H groups in total. The summed E-state index contributed by atoms with van der Waals surface area (Å²) < 4.78 is 1.68. The van der Waals surface area contributed by atoms with E-state index in [4.69, 9.17) is 0 Å². The molecule has 27 heavy (non-hydrogen) atoms. The summed E-state index contributed by atoms with van der Waals surface area (Å²) in [4.78, 5) is 14.5. The molecule has 0 saturated carbocycles. The number of likely N-dealkylation sites (tertiary alicyclic amines) is 1. The average Bonchev–Trinajstić information content (AvgIpc) is 3.24. The van der Waals surface area contributed by atoms with Crippen molar-refractivity contribution in [1.29, 1.82) is 0 Å². The van der Waals surface area contributed by atoms with Crippen LogP contribution in [0.2, 0.25) is 0 Å². The molecule has 138 valence electrons. The van der Waals surface area contributed by atoms with E-state index in [2.05, 4.69) is 46.8 Å². The van der Waals surface area contributed by atoms with Crippen LogP contribution in [0.4, 0.5) is 10.5 Å². The Balaban J connectivity index is 1.34. The maximum absolute atomic E-state index is 12.6. The topological polar surface area (TPSA) is 63.1 Å². The summed E-state index contributed by atoms with van der Waals surface area (Å²) in [6, 6.07) is 16.1. The Kier molecular flexibility index (Phi) is 4.87. The Labute approximate surface area is 158 Å². The van der Waals surface area contributed by atoms with Gasteiger partial charge in [0.1, 0.15) is 0 Å². The number of hydrogen-bond donors (Lipinski definition) is 1. The van der Waals surface area contributed by atoms with Gasteiger partial charge in [0.15, 0.2) is 0 Å². The first-order chi connectivity index (χ1) is 13.2. The lowest BCUT2D eigenvalue weighted by Crippen LogP contribution is -2.40. The van der Waals surface area contributed by atoms with E-state index >= 15 is 0 Å². The second-order valence-corrected chi connectivity index (χ2v) is 6.94. The molecule has 2 aromatic carbocycles. The molecule has 6 nitrogen and oxygen atoms in total. The average molecular weight is 361 g/mol. The van der Waals surface area contributed by atoms with Crippen LogP contribution in [0.1, 0.15) is 29.9 Å². The maximum atomic E-state index is 12.6. The van der Waals surface area contributed by atoms with E-state index < -0.39 is 0 Å². The van der Waals surface area contributed by atoms with Gasteiger partial charge in [-0.25, -0.2) is 9.48 Å². The SMILES string of the molecule is Cc1ccccc1C1CCN(C(=O)Nc2ccc(-n3ccnn3)cc2)CC1. The van der Waals surface area contributed by atoms with Gasteiger partial charge in [-0.15, -0.1) is 5.10 Å². The number of amides is 2. The molecule has 4 rings (SSSR count). The summed E-state index contributed by atoms with van der Waals surface area (Å²) in [6.07, 6.45) is 5.43. The molecular formula is C21H23N5O. The number of nitrogens with zero attached hydrogens (tertiary/aromatic N) is 4. The Bertz CT molecular complexity index is 897. The first kappa shape index (κ1) is 17.3. The molecular weight excluding hydrogens is 338 g/mol. The van der Waals surface area contributed by atoms with Crippen LogP contribution in [0.3, 0.4) is 0 Å². The van der Waals surface area contributed by atoms with E-state index in [0.29, 0.717) is 5.92 Å². The van der Waals surface area contributed by atoms with Crippen LogP contribution >= 0.6 is 0 Å².